The molecule has 0 radical (unpaired) electrons. The minimum atomic E-state index is -0.232. The minimum Gasteiger partial charge on any atom is -0.497 e. The number of carbonyl (C=O) groups excluding carboxylic acids is 1. The Balaban J connectivity index is 1.67. The molecule has 4 rings (SSSR count). The van der Waals surface area contributed by atoms with Gasteiger partial charge in [-0.25, -0.2) is 10.0 Å². The molecule has 2 aromatic carbocycles. The van der Waals surface area contributed by atoms with Crippen LogP contribution in [0.2, 0.25) is 0 Å². The monoisotopic (exact) mass is 387 g/mol. The average molecular weight is 387 g/mol. The van der Waals surface area contributed by atoms with Gasteiger partial charge in [0.15, 0.2) is 0 Å². The van der Waals surface area contributed by atoms with Crippen LogP contribution in [-0.2, 0) is 4.79 Å². The first kappa shape index (κ1) is 18.5. The van der Waals surface area contributed by atoms with Crippen LogP contribution in [0, 0.1) is 6.92 Å². The van der Waals surface area contributed by atoms with Crippen molar-refractivity contribution >= 4 is 40.1 Å². The van der Waals surface area contributed by atoms with Crippen molar-refractivity contribution < 1.29 is 9.53 Å². The predicted octanol–water partition coefficient (Wildman–Crippen LogP) is 3.76. The molecule has 146 valence electrons. The lowest BCUT2D eigenvalue weighted by molar-refractivity contribution is -0.121. The summed E-state index contributed by atoms with van der Waals surface area (Å²) in [6, 6.07) is 14.8. The normalized spacial score (nSPS) is 15.1. The number of nitrogens with one attached hydrogen (secondary N) is 1. The Morgan fingerprint density at radius 2 is 1.86 bits per heavy atom. The maximum absolute atomic E-state index is 13.0. The second-order valence-corrected chi connectivity index (χ2v) is 6.80. The first-order valence-electron chi connectivity index (χ1n) is 9.13. The third-order valence-corrected chi connectivity index (χ3v) is 4.64. The van der Waals surface area contributed by atoms with Gasteiger partial charge in [-0.05, 0) is 61.9 Å². The summed E-state index contributed by atoms with van der Waals surface area (Å²) < 4.78 is 5.33. The highest BCUT2D eigenvalue weighted by atomic mass is 16.5. The number of aryl methyl sites for hydroxylation is 1. The molecule has 0 saturated carbocycles. The second-order valence-electron chi connectivity index (χ2n) is 6.80. The second kappa shape index (κ2) is 7.27. The van der Waals surface area contributed by atoms with E-state index in [1.807, 2.05) is 43.3 Å². The molecule has 0 bridgehead atoms. The van der Waals surface area contributed by atoms with E-state index in [0.717, 1.165) is 27.8 Å². The van der Waals surface area contributed by atoms with Gasteiger partial charge in [-0.15, -0.1) is 0 Å². The number of nitrogen functional groups attached to an aromatic ring is 1. The van der Waals surface area contributed by atoms with Gasteiger partial charge in [-0.3, -0.25) is 15.2 Å². The number of rotatable bonds is 4. The number of carbonyl (C=O) groups is 1. The van der Waals surface area contributed by atoms with Gasteiger partial charge in [0.05, 0.1) is 18.3 Å². The van der Waals surface area contributed by atoms with E-state index in [4.69, 9.17) is 10.5 Å². The van der Waals surface area contributed by atoms with E-state index in [1.54, 1.807) is 32.2 Å². The number of hydrogen-bond acceptors (Lipinski definition) is 6. The molecule has 7 nitrogen and oxygen atoms in total. The Morgan fingerprint density at radius 3 is 2.59 bits per heavy atom. The van der Waals surface area contributed by atoms with Crippen molar-refractivity contribution in [1.82, 2.24) is 9.99 Å². The summed E-state index contributed by atoms with van der Waals surface area (Å²) in [5, 5.41) is 2.29. The number of methoxy groups -OCH3 is 1. The van der Waals surface area contributed by atoms with Crippen LogP contribution in [0.4, 0.5) is 11.4 Å². The summed E-state index contributed by atoms with van der Waals surface area (Å²) in [4.78, 5) is 21.9. The Morgan fingerprint density at radius 1 is 1.10 bits per heavy atom. The number of benzene rings is 2. The van der Waals surface area contributed by atoms with Crippen LogP contribution in [0.15, 0.2) is 59.2 Å². The standard InChI is InChI=1S/C22H21N5O2/c1-13-10-20(18-12-17(29-3)8-9-19(18)24-13)26-27-14(2)25-21(22(27)28)11-15-4-6-16(23)7-5-15/h4-12H,23H2,1-3H3,(H,24,26). The van der Waals surface area contributed by atoms with Crippen molar-refractivity contribution in [2.24, 2.45) is 4.99 Å². The van der Waals surface area contributed by atoms with Gasteiger partial charge in [-0.1, -0.05) is 12.1 Å². The number of anilines is 2. The van der Waals surface area contributed by atoms with Crippen molar-refractivity contribution in [3.05, 3.63) is 65.5 Å². The largest absolute Gasteiger partial charge is 0.497 e. The number of nitrogens with zero attached hydrogens (tertiary/aromatic N) is 3. The van der Waals surface area contributed by atoms with Gasteiger partial charge < -0.3 is 10.5 Å². The van der Waals surface area contributed by atoms with E-state index in [2.05, 4.69) is 15.4 Å². The summed E-state index contributed by atoms with van der Waals surface area (Å²) in [7, 11) is 1.62. The van der Waals surface area contributed by atoms with E-state index in [9.17, 15) is 4.79 Å². The molecule has 0 spiro atoms. The molecule has 0 atom stereocenters. The van der Waals surface area contributed by atoms with Crippen molar-refractivity contribution in [2.75, 3.05) is 18.3 Å². The summed E-state index contributed by atoms with van der Waals surface area (Å²) in [6.07, 6.45) is 1.74. The first-order chi connectivity index (χ1) is 13.9. The van der Waals surface area contributed by atoms with Crippen LogP contribution >= 0.6 is 0 Å². The summed E-state index contributed by atoms with van der Waals surface area (Å²) in [6.45, 7) is 3.69. The number of pyridine rings is 1. The fraction of sp³-hybridized carbons (Fsp3) is 0.136. The van der Waals surface area contributed by atoms with Crippen LogP contribution in [-0.4, -0.2) is 28.8 Å². The summed E-state index contributed by atoms with van der Waals surface area (Å²) >= 11 is 0. The highest BCUT2D eigenvalue weighted by Crippen LogP contribution is 2.29. The van der Waals surface area contributed by atoms with Gasteiger partial charge in [0.1, 0.15) is 17.3 Å². The van der Waals surface area contributed by atoms with Gasteiger partial charge in [-0.2, -0.15) is 0 Å². The predicted molar refractivity (Wildman–Crippen MR) is 115 cm³/mol. The lowest BCUT2D eigenvalue weighted by atomic mass is 10.1. The van der Waals surface area contributed by atoms with Crippen LogP contribution < -0.4 is 15.9 Å². The fourth-order valence-corrected chi connectivity index (χ4v) is 3.19. The third-order valence-electron chi connectivity index (χ3n) is 4.64. The maximum Gasteiger partial charge on any atom is 0.296 e. The fourth-order valence-electron chi connectivity index (χ4n) is 3.19. The van der Waals surface area contributed by atoms with E-state index in [-0.39, 0.29) is 5.91 Å². The van der Waals surface area contributed by atoms with Crippen LogP contribution in [0.3, 0.4) is 0 Å². The van der Waals surface area contributed by atoms with Crippen LogP contribution in [0.5, 0.6) is 5.75 Å². The number of hydrogen-bond donors (Lipinski definition) is 2. The zero-order chi connectivity index (χ0) is 20.5. The highest BCUT2D eigenvalue weighted by Gasteiger charge is 2.28. The van der Waals surface area contributed by atoms with Crippen molar-refractivity contribution in [3.63, 3.8) is 0 Å². The molecule has 1 aliphatic rings. The number of ether oxygens (including phenoxy) is 1. The van der Waals surface area contributed by atoms with Gasteiger partial charge in [0, 0.05) is 16.8 Å². The zero-order valence-electron chi connectivity index (χ0n) is 16.4. The summed E-state index contributed by atoms with van der Waals surface area (Å²) in [5.74, 6) is 1.04. The number of nitrogens with two attached hydrogens (primary N) is 1. The average Bonchev–Trinajstić information content (AvgIpc) is 2.96. The number of amides is 1. The molecule has 0 aliphatic carbocycles. The Labute approximate surface area is 168 Å². The molecule has 0 fully saturated rings. The number of fused-ring (bicyclic) bond motifs is 1. The Kier molecular flexibility index (Phi) is 4.64. The van der Waals surface area contributed by atoms with Crippen molar-refractivity contribution in [2.45, 2.75) is 13.8 Å². The molecule has 1 aromatic heterocycles. The first-order valence-corrected chi connectivity index (χ1v) is 9.13. The molecule has 7 heteroatoms. The molecule has 29 heavy (non-hydrogen) atoms. The Hall–Kier alpha value is -3.87. The highest BCUT2D eigenvalue weighted by molar-refractivity contribution is 6.14. The molecular formula is C22H21N5O2. The van der Waals surface area contributed by atoms with Crippen molar-refractivity contribution in [3.8, 4) is 5.75 Å². The van der Waals surface area contributed by atoms with Gasteiger partial charge in [0.2, 0.25) is 0 Å². The molecule has 0 unspecified atom stereocenters. The van der Waals surface area contributed by atoms with E-state index < -0.39 is 0 Å². The number of aliphatic imine (C=N–C) groups is 1. The Bertz CT molecular complexity index is 1170. The van der Waals surface area contributed by atoms with E-state index >= 15 is 0 Å². The number of aromatic nitrogens is 1. The van der Waals surface area contributed by atoms with Crippen LogP contribution in [0.25, 0.3) is 17.0 Å². The SMILES string of the molecule is COc1ccc2nc(C)cc(NN3C(=O)C(=Cc4ccc(N)cc4)N=C3C)c2c1. The molecule has 3 N–H and O–H groups in total. The topological polar surface area (TPSA) is 92.8 Å². The zero-order valence-corrected chi connectivity index (χ0v) is 16.4. The molecule has 0 saturated heterocycles. The minimum absolute atomic E-state index is 0.232. The summed E-state index contributed by atoms with van der Waals surface area (Å²) in [5.41, 5.74) is 13.2. The lowest BCUT2D eigenvalue weighted by Crippen LogP contribution is -2.36. The quantitative estimate of drug-likeness (QED) is 0.525. The number of hydrazine groups is 1. The van der Waals surface area contributed by atoms with E-state index in [1.165, 1.54) is 5.01 Å². The molecule has 1 aliphatic heterocycles. The third kappa shape index (κ3) is 3.62. The molecule has 3 aromatic rings. The van der Waals surface area contributed by atoms with Crippen molar-refractivity contribution in [1.29, 1.82) is 0 Å². The smallest absolute Gasteiger partial charge is 0.296 e. The van der Waals surface area contributed by atoms with Gasteiger partial charge >= 0.3 is 0 Å². The lowest BCUT2D eigenvalue weighted by Gasteiger charge is -2.20. The van der Waals surface area contributed by atoms with Gasteiger partial charge in [0.25, 0.3) is 5.91 Å². The van der Waals surface area contributed by atoms with Crippen LogP contribution in [0.1, 0.15) is 18.2 Å². The maximum atomic E-state index is 13.0. The molecule has 2 heterocycles. The molecule has 1 amide bonds. The number of amidine groups is 1. The molecular weight excluding hydrogens is 366 g/mol. The van der Waals surface area contributed by atoms with E-state index in [0.29, 0.717) is 23.0 Å².